The van der Waals surface area contributed by atoms with Gasteiger partial charge in [-0.25, -0.2) is 13.8 Å². The number of imidazole rings is 1. The third kappa shape index (κ3) is 3.79. The van der Waals surface area contributed by atoms with E-state index in [1.165, 1.54) is 6.92 Å². The Kier molecular flexibility index (Phi) is 4.42. The number of para-hydroxylation sites is 2. The predicted octanol–water partition coefficient (Wildman–Crippen LogP) is 2.60. The number of rotatable bonds is 4. The van der Waals surface area contributed by atoms with E-state index in [1.54, 1.807) is 6.07 Å². The Labute approximate surface area is 141 Å². The van der Waals surface area contributed by atoms with Gasteiger partial charge in [0.25, 0.3) is 5.91 Å². The van der Waals surface area contributed by atoms with E-state index in [9.17, 15) is 18.4 Å². The molecule has 0 fully saturated rings. The van der Waals surface area contributed by atoms with Gasteiger partial charge in [-0.2, -0.15) is 0 Å². The topological polar surface area (TPSA) is 86.9 Å². The van der Waals surface area contributed by atoms with Gasteiger partial charge in [-0.1, -0.05) is 12.1 Å². The number of halogens is 2. The van der Waals surface area contributed by atoms with E-state index in [2.05, 4.69) is 20.6 Å². The molecule has 8 heteroatoms. The molecule has 128 valence electrons. The molecule has 0 radical (unpaired) electrons. The summed E-state index contributed by atoms with van der Waals surface area (Å²) in [6, 6.07) is 8.74. The van der Waals surface area contributed by atoms with Crippen molar-refractivity contribution >= 4 is 28.8 Å². The summed E-state index contributed by atoms with van der Waals surface area (Å²) in [6.45, 7) is 1.45. The zero-order valence-corrected chi connectivity index (χ0v) is 13.1. The second kappa shape index (κ2) is 6.68. The number of amides is 2. The molecule has 0 aliphatic rings. The molecule has 0 aliphatic heterocycles. The Morgan fingerprint density at radius 3 is 2.48 bits per heavy atom. The van der Waals surface area contributed by atoms with Crippen LogP contribution in [-0.4, -0.2) is 27.8 Å². The van der Waals surface area contributed by atoms with E-state index < -0.39 is 29.5 Å². The maximum absolute atomic E-state index is 13.2. The lowest BCUT2D eigenvalue weighted by Crippen LogP contribution is -2.41. The highest BCUT2D eigenvalue weighted by Gasteiger charge is 2.18. The SMILES string of the molecule is C[C@@H](NC(=O)c1cc(F)cc(F)c1)C(=O)Nc1nc2ccccc2[nH]1. The normalized spacial score (nSPS) is 12.0. The van der Waals surface area contributed by atoms with E-state index >= 15 is 0 Å². The minimum atomic E-state index is -0.938. The van der Waals surface area contributed by atoms with Gasteiger partial charge in [0.15, 0.2) is 0 Å². The van der Waals surface area contributed by atoms with Crippen molar-refractivity contribution in [3.05, 3.63) is 59.7 Å². The van der Waals surface area contributed by atoms with Crippen molar-refractivity contribution in [2.24, 2.45) is 0 Å². The van der Waals surface area contributed by atoms with Crippen molar-refractivity contribution in [1.82, 2.24) is 15.3 Å². The smallest absolute Gasteiger partial charge is 0.252 e. The molecule has 0 saturated heterocycles. The van der Waals surface area contributed by atoms with Gasteiger partial charge < -0.3 is 10.3 Å². The number of hydrogen-bond donors (Lipinski definition) is 3. The molecule has 3 N–H and O–H groups in total. The summed E-state index contributed by atoms with van der Waals surface area (Å²) in [5, 5.41) is 4.92. The number of carbonyl (C=O) groups is 2. The molecule has 0 unspecified atom stereocenters. The second-order valence-corrected chi connectivity index (χ2v) is 5.45. The maximum atomic E-state index is 13.2. The minimum Gasteiger partial charge on any atom is -0.341 e. The lowest BCUT2D eigenvalue weighted by atomic mass is 10.2. The molecule has 3 rings (SSSR count). The van der Waals surface area contributed by atoms with Crippen LogP contribution in [0.3, 0.4) is 0 Å². The third-order valence-electron chi connectivity index (χ3n) is 3.50. The van der Waals surface area contributed by atoms with E-state index in [1.807, 2.05) is 18.2 Å². The van der Waals surface area contributed by atoms with Gasteiger partial charge in [0.05, 0.1) is 11.0 Å². The first-order valence-corrected chi connectivity index (χ1v) is 7.45. The molecule has 2 amide bonds. The minimum absolute atomic E-state index is 0.208. The molecule has 0 aliphatic carbocycles. The summed E-state index contributed by atoms with van der Waals surface area (Å²) in [6.07, 6.45) is 0. The predicted molar refractivity (Wildman–Crippen MR) is 88.0 cm³/mol. The van der Waals surface area contributed by atoms with Gasteiger partial charge in [-0.15, -0.1) is 0 Å². The second-order valence-electron chi connectivity index (χ2n) is 5.45. The number of aromatic amines is 1. The number of benzene rings is 2. The Morgan fingerprint density at radius 2 is 1.80 bits per heavy atom. The van der Waals surface area contributed by atoms with Crippen LogP contribution < -0.4 is 10.6 Å². The molecular formula is C17H14F2N4O2. The van der Waals surface area contributed by atoms with E-state index in [-0.39, 0.29) is 11.5 Å². The van der Waals surface area contributed by atoms with E-state index in [4.69, 9.17) is 0 Å². The van der Waals surface area contributed by atoms with Gasteiger partial charge >= 0.3 is 0 Å². The Morgan fingerprint density at radius 1 is 1.12 bits per heavy atom. The molecule has 25 heavy (non-hydrogen) atoms. The third-order valence-corrected chi connectivity index (χ3v) is 3.50. The highest BCUT2D eigenvalue weighted by molar-refractivity contribution is 6.00. The fourth-order valence-corrected chi connectivity index (χ4v) is 2.27. The molecule has 1 atom stereocenters. The standard InChI is InChI=1S/C17H14F2N4O2/c1-9(20-16(25)10-6-11(18)8-12(19)7-10)15(24)23-17-21-13-4-2-3-5-14(13)22-17/h2-9H,1H3,(H,20,25)(H2,21,22,23,24)/t9-/m1/s1. The number of nitrogens with zero attached hydrogens (tertiary/aromatic N) is 1. The summed E-state index contributed by atoms with van der Waals surface area (Å²) in [4.78, 5) is 31.3. The summed E-state index contributed by atoms with van der Waals surface area (Å²) in [5.41, 5.74) is 1.23. The Hall–Kier alpha value is -3.29. The first-order chi connectivity index (χ1) is 11.9. The number of carbonyl (C=O) groups excluding carboxylic acids is 2. The molecule has 1 heterocycles. The summed E-state index contributed by atoms with van der Waals surface area (Å²) in [5.74, 6) is -2.78. The van der Waals surface area contributed by atoms with E-state index in [0.29, 0.717) is 11.6 Å². The van der Waals surface area contributed by atoms with Crippen LogP contribution in [0.1, 0.15) is 17.3 Å². The van der Waals surface area contributed by atoms with Crippen LogP contribution in [0.25, 0.3) is 11.0 Å². The molecule has 3 aromatic rings. The summed E-state index contributed by atoms with van der Waals surface area (Å²) in [7, 11) is 0. The number of fused-ring (bicyclic) bond motifs is 1. The van der Waals surface area contributed by atoms with Crippen molar-refractivity contribution < 1.29 is 18.4 Å². The lowest BCUT2D eigenvalue weighted by molar-refractivity contribution is -0.117. The van der Waals surface area contributed by atoms with E-state index in [0.717, 1.165) is 17.6 Å². The van der Waals surface area contributed by atoms with Gasteiger partial charge in [-0.3, -0.25) is 14.9 Å². The number of anilines is 1. The van der Waals surface area contributed by atoms with Crippen molar-refractivity contribution in [2.75, 3.05) is 5.32 Å². The van der Waals surface area contributed by atoms with Crippen LogP contribution >= 0.6 is 0 Å². The summed E-state index contributed by atoms with van der Waals surface area (Å²) >= 11 is 0. The monoisotopic (exact) mass is 344 g/mol. The first kappa shape index (κ1) is 16.6. The number of nitrogens with one attached hydrogen (secondary N) is 3. The van der Waals surface area contributed by atoms with Crippen molar-refractivity contribution in [1.29, 1.82) is 0 Å². The van der Waals surface area contributed by atoms with Crippen LogP contribution in [0.15, 0.2) is 42.5 Å². The first-order valence-electron chi connectivity index (χ1n) is 7.45. The molecule has 6 nitrogen and oxygen atoms in total. The quantitative estimate of drug-likeness (QED) is 0.680. The number of hydrogen-bond acceptors (Lipinski definition) is 3. The van der Waals surface area contributed by atoms with Crippen molar-refractivity contribution in [2.45, 2.75) is 13.0 Å². The summed E-state index contributed by atoms with van der Waals surface area (Å²) < 4.78 is 26.3. The Balaban J connectivity index is 1.66. The molecule has 0 bridgehead atoms. The van der Waals surface area contributed by atoms with Crippen molar-refractivity contribution in [3.63, 3.8) is 0 Å². The molecule has 0 spiro atoms. The van der Waals surface area contributed by atoms with Crippen LogP contribution in [0, 0.1) is 11.6 Å². The van der Waals surface area contributed by atoms with Crippen LogP contribution in [-0.2, 0) is 4.79 Å². The van der Waals surface area contributed by atoms with Crippen LogP contribution in [0.5, 0.6) is 0 Å². The average Bonchev–Trinajstić information content (AvgIpc) is 2.95. The zero-order chi connectivity index (χ0) is 18.0. The number of H-pyrrole nitrogens is 1. The van der Waals surface area contributed by atoms with Gasteiger partial charge in [0, 0.05) is 11.6 Å². The fourth-order valence-electron chi connectivity index (χ4n) is 2.27. The van der Waals surface area contributed by atoms with Gasteiger partial charge in [-0.05, 0) is 31.2 Å². The highest BCUT2D eigenvalue weighted by atomic mass is 19.1. The van der Waals surface area contributed by atoms with Crippen molar-refractivity contribution in [3.8, 4) is 0 Å². The van der Waals surface area contributed by atoms with Crippen LogP contribution in [0.4, 0.5) is 14.7 Å². The maximum Gasteiger partial charge on any atom is 0.252 e. The van der Waals surface area contributed by atoms with Crippen LogP contribution in [0.2, 0.25) is 0 Å². The fraction of sp³-hybridized carbons (Fsp3) is 0.118. The molecular weight excluding hydrogens is 330 g/mol. The molecule has 0 saturated carbocycles. The van der Waals surface area contributed by atoms with Gasteiger partial charge in [0.1, 0.15) is 17.7 Å². The molecule has 1 aromatic heterocycles. The highest BCUT2D eigenvalue weighted by Crippen LogP contribution is 2.13. The number of aromatic nitrogens is 2. The lowest BCUT2D eigenvalue weighted by Gasteiger charge is -2.13. The Bertz CT molecular complexity index is 901. The average molecular weight is 344 g/mol. The molecule has 2 aromatic carbocycles. The largest absolute Gasteiger partial charge is 0.341 e. The zero-order valence-electron chi connectivity index (χ0n) is 13.1. The van der Waals surface area contributed by atoms with Gasteiger partial charge in [0.2, 0.25) is 11.9 Å².